The quantitative estimate of drug-likeness (QED) is 0.604. The van der Waals surface area contributed by atoms with Gasteiger partial charge in [0.2, 0.25) is 5.43 Å². The molecule has 1 fully saturated rings. The molecule has 37 heavy (non-hydrogen) atoms. The summed E-state index contributed by atoms with van der Waals surface area (Å²) in [5.74, 6) is -6.08. The normalized spacial score (nSPS) is 23.8. The standard InChI is InChI=1S/C25H25F3N4O5/c1-13-4-5-25(10-24(2,3)37-11-25)32-12-30(13)23(36)19-21(34)20(33)16(9-31(19)32)22(35)29-8-15-17(27)6-14(26)7-18(15)28/h4-7,9,13,34H,8,10-12H2,1-3H3,(H,29,35)/t13-,25?/m0/s1. The van der Waals surface area contributed by atoms with E-state index < -0.39 is 69.3 Å². The van der Waals surface area contributed by atoms with E-state index in [9.17, 15) is 32.7 Å². The van der Waals surface area contributed by atoms with E-state index in [1.165, 1.54) is 9.58 Å². The molecule has 1 spiro atoms. The Bertz CT molecular complexity index is 1400. The van der Waals surface area contributed by atoms with E-state index >= 15 is 0 Å². The molecule has 2 N–H and O–H groups in total. The average Bonchev–Trinajstić information content (AvgIpc) is 3.07. The molecule has 0 saturated carbocycles. The van der Waals surface area contributed by atoms with Crippen LogP contribution in [0.5, 0.6) is 5.75 Å². The molecule has 1 unspecified atom stereocenters. The lowest BCUT2D eigenvalue weighted by Crippen LogP contribution is -2.63. The van der Waals surface area contributed by atoms with E-state index in [0.29, 0.717) is 18.6 Å². The van der Waals surface area contributed by atoms with Gasteiger partial charge in [0.05, 0.1) is 12.2 Å². The molecule has 3 aliphatic rings. The summed E-state index contributed by atoms with van der Waals surface area (Å²) in [7, 11) is 0. The van der Waals surface area contributed by atoms with Gasteiger partial charge in [0.25, 0.3) is 11.8 Å². The topological polar surface area (TPSA) is 104 Å². The van der Waals surface area contributed by atoms with Gasteiger partial charge in [-0.2, -0.15) is 0 Å². The molecule has 5 rings (SSSR count). The van der Waals surface area contributed by atoms with Crippen LogP contribution in [0.4, 0.5) is 13.2 Å². The third kappa shape index (κ3) is 3.95. The van der Waals surface area contributed by atoms with Crippen molar-refractivity contribution < 1.29 is 32.6 Å². The number of pyridine rings is 1. The van der Waals surface area contributed by atoms with E-state index in [4.69, 9.17) is 4.74 Å². The summed E-state index contributed by atoms with van der Waals surface area (Å²) in [5.41, 5.74) is -3.82. The molecule has 1 saturated heterocycles. The van der Waals surface area contributed by atoms with Gasteiger partial charge in [0, 0.05) is 42.9 Å². The Morgan fingerprint density at radius 3 is 2.51 bits per heavy atom. The lowest BCUT2D eigenvalue weighted by atomic mass is 9.89. The highest BCUT2D eigenvalue weighted by molar-refractivity contribution is 5.99. The van der Waals surface area contributed by atoms with Gasteiger partial charge in [-0.25, -0.2) is 13.2 Å². The predicted octanol–water partition coefficient (Wildman–Crippen LogP) is 2.15. The van der Waals surface area contributed by atoms with Crippen molar-refractivity contribution in [2.75, 3.05) is 18.3 Å². The molecule has 2 bridgehead atoms. The monoisotopic (exact) mass is 518 g/mol. The second kappa shape index (κ2) is 8.37. The summed E-state index contributed by atoms with van der Waals surface area (Å²) in [6, 6.07) is 0.602. The smallest absolute Gasteiger partial charge is 0.278 e. The first kappa shape index (κ1) is 24.9. The molecule has 0 radical (unpaired) electrons. The van der Waals surface area contributed by atoms with Gasteiger partial charge in [-0.15, -0.1) is 0 Å². The number of nitrogens with one attached hydrogen (secondary N) is 1. The van der Waals surface area contributed by atoms with Gasteiger partial charge in [-0.1, -0.05) is 12.2 Å². The molecule has 9 nitrogen and oxygen atoms in total. The number of amides is 2. The Balaban J connectivity index is 1.57. The molecular formula is C25H25F3N4O5. The van der Waals surface area contributed by atoms with Gasteiger partial charge >= 0.3 is 0 Å². The lowest BCUT2D eigenvalue weighted by molar-refractivity contribution is 0.0336. The fourth-order valence-corrected chi connectivity index (χ4v) is 5.17. The highest BCUT2D eigenvalue weighted by Gasteiger charge is 2.52. The Kier molecular flexibility index (Phi) is 5.63. The van der Waals surface area contributed by atoms with Gasteiger partial charge in [-0.05, 0) is 20.8 Å². The summed E-state index contributed by atoms with van der Waals surface area (Å²) in [5, 5.41) is 14.8. The highest BCUT2D eigenvalue weighted by atomic mass is 19.1. The van der Waals surface area contributed by atoms with Gasteiger partial charge in [-0.3, -0.25) is 24.1 Å². The summed E-state index contributed by atoms with van der Waals surface area (Å²) in [4.78, 5) is 40.7. The number of ether oxygens (including phenoxy) is 1. The first-order chi connectivity index (χ1) is 17.3. The fourth-order valence-electron chi connectivity index (χ4n) is 5.17. The summed E-state index contributed by atoms with van der Waals surface area (Å²) in [6.07, 6.45) is 5.45. The third-order valence-electron chi connectivity index (χ3n) is 7.09. The average molecular weight is 518 g/mol. The molecule has 2 amide bonds. The van der Waals surface area contributed by atoms with Crippen molar-refractivity contribution >= 4 is 11.8 Å². The molecule has 2 aromatic rings. The second-order valence-corrected chi connectivity index (χ2v) is 10.2. The zero-order chi connectivity index (χ0) is 26.9. The predicted molar refractivity (Wildman–Crippen MR) is 125 cm³/mol. The molecule has 2 atom stereocenters. The van der Waals surface area contributed by atoms with Crippen LogP contribution >= 0.6 is 0 Å². The Morgan fingerprint density at radius 2 is 1.89 bits per heavy atom. The highest BCUT2D eigenvalue weighted by Crippen LogP contribution is 2.41. The third-order valence-corrected chi connectivity index (χ3v) is 7.09. The first-order valence-electron chi connectivity index (χ1n) is 11.7. The van der Waals surface area contributed by atoms with Crippen molar-refractivity contribution in [1.29, 1.82) is 0 Å². The van der Waals surface area contributed by atoms with Crippen LogP contribution in [-0.4, -0.2) is 57.0 Å². The minimum absolute atomic E-state index is 0.0921. The van der Waals surface area contributed by atoms with E-state index in [1.807, 2.05) is 32.9 Å². The molecule has 196 valence electrons. The summed E-state index contributed by atoms with van der Waals surface area (Å²) in [6.45, 7) is 5.33. The molecular weight excluding hydrogens is 493 g/mol. The zero-order valence-electron chi connectivity index (χ0n) is 20.3. The Hall–Kier alpha value is -3.80. The van der Waals surface area contributed by atoms with Crippen molar-refractivity contribution in [3.63, 3.8) is 0 Å². The second-order valence-electron chi connectivity index (χ2n) is 10.2. The maximum atomic E-state index is 14.0. The van der Waals surface area contributed by atoms with Crippen molar-refractivity contribution in [2.45, 2.75) is 50.9 Å². The lowest BCUT2D eigenvalue weighted by Gasteiger charge is -2.46. The minimum Gasteiger partial charge on any atom is -0.502 e. The minimum atomic E-state index is -1.20. The van der Waals surface area contributed by atoms with Crippen LogP contribution in [0.25, 0.3) is 0 Å². The number of benzene rings is 1. The van der Waals surface area contributed by atoms with Crippen LogP contribution in [0.1, 0.15) is 53.6 Å². The number of fused-ring (bicyclic) bond motifs is 5. The van der Waals surface area contributed by atoms with Crippen molar-refractivity contribution in [3.8, 4) is 5.75 Å². The van der Waals surface area contributed by atoms with Crippen LogP contribution in [0, 0.1) is 17.5 Å². The maximum absolute atomic E-state index is 14.0. The number of hydrogen-bond acceptors (Lipinski definition) is 6. The van der Waals surface area contributed by atoms with Crippen LogP contribution in [0.3, 0.4) is 0 Å². The number of aromatic hydroxyl groups is 1. The molecule has 1 aromatic heterocycles. The Morgan fingerprint density at radius 1 is 1.22 bits per heavy atom. The van der Waals surface area contributed by atoms with Crippen LogP contribution in [0.15, 0.2) is 35.3 Å². The van der Waals surface area contributed by atoms with E-state index in [2.05, 4.69) is 5.32 Å². The zero-order valence-corrected chi connectivity index (χ0v) is 20.3. The van der Waals surface area contributed by atoms with E-state index in [1.54, 1.807) is 5.01 Å². The first-order valence-corrected chi connectivity index (χ1v) is 11.7. The number of halogens is 3. The number of aromatic nitrogens is 1. The number of carbonyl (C=O) groups excluding carboxylic acids is 2. The van der Waals surface area contributed by atoms with Crippen molar-refractivity contribution in [1.82, 2.24) is 14.9 Å². The molecule has 1 aromatic carbocycles. The summed E-state index contributed by atoms with van der Waals surface area (Å²) < 4.78 is 48.5. The Labute approximate surface area is 209 Å². The molecule has 0 aliphatic carbocycles. The molecule has 3 aliphatic heterocycles. The number of hydrogen-bond donors (Lipinski definition) is 2. The maximum Gasteiger partial charge on any atom is 0.278 e. The molecule has 12 heteroatoms. The van der Waals surface area contributed by atoms with Crippen LogP contribution < -0.4 is 15.8 Å². The molecule has 4 heterocycles. The fraction of sp³-hybridized carbons (Fsp3) is 0.400. The SMILES string of the molecule is C[C@H]1C=CC2(COC(C)(C)C2)N2CN1C(=O)c1c(O)c(=O)c(C(=O)NCc3c(F)cc(F)cc3F)cn12. The number of rotatable bonds is 3. The van der Waals surface area contributed by atoms with Crippen LogP contribution in [-0.2, 0) is 11.3 Å². The van der Waals surface area contributed by atoms with Gasteiger partial charge < -0.3 is 20.1 Å². The van der Waals surface area contributed by atoms with Crippen molar-refractivity contribution in [2.24, 2.45) is 0 Å². The van der Waals surface area contributed by atoms with E-state index in [0.717, 1.165) is 6.20 Å². The summed E-state index contributed by atoms with van der Waals surface area (Å²) >= 11 is 0. The number of carbonyl (C=O) groups is 2. The van der Waals surface area contributed by atoms with Gasteiger partial charge in [0.15, 0.2) is 11.4 Å². The van der Waals surface area contributed by atoms with Crippen LogP contribution in [0.2, 0.25) is 0 Å². The van der Waals surface area contributed by atoms with E-state index in [-0.39, 0.29) is 25.0 Å². The largest absolute Gasteiger partial charge is 0.502 e. The number of nitrogens with zero attached hydrogens (tertiary/aromatic N) is 3. The van der Waals surface area contributed by atoms with Gasteiger partial charge in [0.1, 0.15) is 35.2 Å². The van der Waals surface area contributed by atoms with Crippen molar-refractivity contribution in [3.05, 3.63) is 75.0 Å².